The summed E-state index contributed by atoms with van der Waals surface area (Å²) in [7, 11) is 0. The maximum absolute atomic E-state index is 7.33. The summed E-state index contributed by atoms with van der Waals surface area (Å²) in [5.41, 5.74) is 1.12. The van der Waals surface area contributed by atoms with Gasteiger partial charge >= 0.3 is 0 Å². The number of nitrogens with one attached hydrogen (secondary N) is 1. The van der Waals surface area contributed by atoms with Crippen molar-refractivity contribution >= 4 is 12.3 Å². The number of hydrogen-bond acceptors (Lipinski definition) is 3. The van der Waals surface area contributed by atoms with Gasteiger partial charge in [0.2, 0.25) is 5.71 Å². The highest BCUT2D eigenvalue weighted by atomic mass is 16.3. The molecule has 0 aliphatic carbocycles. The van der Waals surface area contributed by atoms with Crippen molar-refractivity contribution in [1.29, 1.82) is 5.41 Å². The zero-order valence-corrected chi connectivity index (χ0v) is 5.16. The fourth-order valence-corrected chi connectivity index (χ4v) is 0.829. The van der Waals surface area contributed by atoms with Gasteiger partial charge in [-0.25, -0.2) is 0 Å². The summed E-state index contributed by atoms with van der Waals surface area (Å²) in [6, 6.07) is 1.69. The molecule has 0 atom stereocenters. The van der Waals surface area contributed by atoms with E-state index in [1.165, 1.54) is 4.52 Å². The molecular formula is C6H5N3O. The van der Waals surface area contributed by atoms with Crippen LogP contribution in [-0.2, 0) is 0 Å². The van der Waals surface area contributed by atoms with Gasteiger partial charge in [0, 0.05) is 6.07 Å². The predicted octanol–water partition coefficient (Wildman–Crippen LogP) is -0.464. The molecule has 0 aromatic carbocycles. The zero-order valence-electron chi connectivity index (χ0n) is 5.16. The Balaban J connectivity index is 3.24. The predicted molar refractivity (Wildman–Crippen MR) is 34.1 cm³/mol. The highest BCUT2D eigenvalue weighted by molar-refractivity contribution is 5.30. The molecule has 2 heterocycles. The van der Waals surface area contributed by atoms with Crippen LogP contribution in [0.25, 0.3) is 12.3 Å². The number of hydrogen-bond donors (Lipinski definition) is 1. The van der Waals surface area contributed by atoms with Gasteiger partial charge in [-0.3, -0.25) is 5.41 Å². The summed E-state index contributed by atoms with van der Waals surface area (Å²) in [6.45, 7) is 3.51. The molecule has 4 nitrogen and oxygen atoms in total. The first-order chi connectivity index (χ1) is 4.79. The second kappa shape index (κ2) is 1.47. The van der Waals surface area contributed by atoms with Gasteiger partial charge in [-0.2, -0.15) is 9.61 Å². The van der Waals surface area contributed by atoms with Gasteiger partial charge in [-0.05, 0) is 0 Å². The smallest absolute Gasteiger partial charge is 0.224 e. The van der Waals surface area contributed by atoms with Gasteiger partial charge in [0.15, 0.2) is 10.9 Å². The van der Waals surface area contributed by atoms with Crippen LogP contribution in [0.4, 0.5) is 0 Å². The summed E-state index contributed by atoms with van der Waals surface area (Å²) < 4.78 is 6.43. The first-order valence-electron chi connectivity index (χ1n) is 2.79. The van der Waals surface area contributed by atoms with Gasteiger partial charge in [-0.15, -0.1) is 0 Å². The normalized spacial score (nSPS) is 10.8. The summed E-state index contributed by atoms with van der Waals surface area (Å²) in [6.07, 6.45) is 1.58. The van der Waals surface area contributed by atoms with Crippen LogP contribution in [0.2, 0.25) is 0 Å². The van der Waals surface area contributed by atoms with Crippen molar-refractivity contribution in [3.63, 3.8) is 0 Å². The molecule has 1 N–H and O–H groups in total. The first-order valence-corrected chi connectivity index (χ1v) is 2.79. The van der Waals surface area contributed by atoms with Gasteiger partial charge < -0.3 is 4.42 Å². The maximum Gasteiger partial charge on any atom is 0.224 e. The summed E-state index contributed by atoms with van der Waals surface area (Å²) in [4.78, 5) is 0. The minimum absolute atomic E-state index is 0.208. The first kappa shape index (κ1) is 5.22. The Morgan fingerprint density at radius 1 is 1.70 bits per heavy atom. The fraction of sp³-hybridized carbons (Fsp3) is 0. The Bertz CT molecular complexity index is 453. The van der Waals surface area contributed by atoms with E-state index in [1.54, 1.807) is 12.3 Å². The molecule has 0 fully saturated rings. The SMILES string of the molecule is C=c1oc2ccnn2c1=N. The average molecular weight is 135 g/mol. The quantitative estimate of drug-likeness (QED) is 0.531. The van der Waals surface area contributed by atoms with Crippen molar-refractivity contribution in [1.82, 2.24) is 9.61 Å². The lowest BCUT2D eigenvalue weighted by atomic mass is 10.7. The standard InChI is InChI=1S/C6H5N3O/c1-4-6(7)9-5(10-4)2-3-8-9/h2-3,7H,1H2. The topological polar surface area (TPSA) is 54.3 Å². The van der Waals surface area contributed by atoms with Crippen molar-refractivity contribution < 1.29 is 4.42 Å². The number of aromatic nitrogens is 2. The third-order valence-corrected chi connectivity index (χ3v) is 1.31. The molecule has 0 amide bonds. The minimum atomic E-state index is 0.208. The molecule has 0 saturated carbocycles. The summed E-state index contributed by atoms with van der Waals surface area (Å²) in [5.74, 6) is 0. The Hall–Kier alpha value is -1.58. The van der Waals surface area contributed by atoms with Gasteiger partial charge in [-0.1, -0.05) is 6.58 Å². The monoisotopic (exact) mass is 135 g/mol. The van der Waals surface area contributed by atoms with Crippen LogP contribution >= 0.6 is 0 Å². The van der Waals surface area contributed by atoms with E-state index in [4.69, 9.17) is 9.83 Å². The van der Waals surface area contributed by atoms with Crippen molar-refractivity contribution in [3.05, 3.63) is 23.2 Å². The van der Waals surface area contributed by atoms with Crippen LogP contribution < -0.4 is 10.9 Å². The van der Waals surface area contributed by atoms with E-state index < -0.39 is 0 Å². The highest BCUT2D eigenvalue weighted by Gasteiger charge is 1.98. The minimum Gasteiger partial charge on any atom is -0.436 e. The Labute approximate surface area is 55.9 Å². The Morgan fingerprint density at radius 3 is 3.20 bits per heavy atom. The van der Waals surface area contributed by atoms with Crippen molar-refractivity contribution in [3.8, 4) is 0 Å². The molecule has 0 aliphatic rings. The Kier molecular flexibility index (Phi) is 0.768. The molecule has 0 bridgehead atoms. The lowest BCUT2D eigenvalue weighted by Crippen LogP contribution is -2.22. The largest absolute Gasteiger partial charge is 0.436 e. The van der Waals surface area contributed by atoms with Crippen LogP contribution in [0.1, 0.15) is 0 Å². The van der Waals surface area contributed by atoms with Crippen molar-refractivity contribution in [2.45, 2.75) is 0 Å². The molecule has 2 aromatic heterocycles. The number of nitrogens with zero attached hydrogens (tertiary/aromatic N) is 2. The van der Waals surface area contributed by atoms with Gasteiger partial charge in [0.05, 0.1) is 6.20 Å². The number of oxazole rings is 1. The summed E-state index contributed by atoms with van der Waals surface area (Å²) in [5, 5.41) is 11.2. The molecular weight excluding hydrogens is 130 g/mol. The lowest BCUT2D eigenvalue weighted by Gasteiger charge is -1.71. The van der Waals surface area contributed by atoms with E-state index in [0.29, 0.717) is 11.1 Å². The average Bonchev–Trinajstić information content (AvgIpc) is 2.41. The molecule has 0 radical (unpaired) electrons. The van der Waals surface area contributed by atoms with E-state index in [9.17, 15) is 0 Å². The second-order valence-corrected chi connectivity index (χ2v) is 1.96. The Morgan fingerprint density at radius 2 is 2.50 bits per heavy atom. The number of fused-ring (bicyclic) bond motifs is 1. The second-order valence-electron chi connectivity index (χ2n) is 1.96. The molecule has 0 spiro atoms. The zero-order chi connectivity index (χ0) is 7.14. The van der Waals surface area contributed by atoms with E-state index in [-0.39, 0.29) is 5.49 Å². The molecule has 50 valence electrons. The molecule has 2 aromatic rings. The highest BCUT2D eigenvalue weighted by Crippen LogP contribution is 1.91. The fourth-order valence-electron chi connectivity index (χ4n) is 0.829. The third-order valence-electron chi connectivity index (χ3n) is 1.31. The van der Waals surface area contributed by atoms with E-state index in [1.807, 2.05) is 0 Å². The van der Waals surface area contributed by atoms with E-state index >= 15 is 0 Å². The van der Waals surface area contributed by atoms with Gasteiger partial charge in [0.25, 0.3) is 0 Å². The van der Waals surface area contributed by atoms with Crippen molar-refractivity contribution in [2.75, 3.05) is 0 Å². The van der Waals surface area contributed by atoms with Crippen LogP contribution in [0, 0.1) is 5.41 Å². The van der Waals surface area contributed by atoms with Gasteiger partial charge in [0.1, 0.15) is 0 Å². The van der Waals surface area contributed by atoms with E-state index in [0.717, 1.165) is 0 Å². The maximum atomic E-state index is 7.33. The molecule has 0 unspecified atom stereocenters. The molecule has 4 heteroatoms. The van der Waals surface area contributed by atoms with Crippen LogP contribution in [-0.4, -0.2) is 9.61 Å². The summed E-state index contributed by atoms with van der Waals surface area (Å²) >= 11 is 0. The third kappa shape index (κ3) is 0.452. The van der Waals surface area contributed by atoms with Crippen LogP contribution in [0.15, 0.2) is 16.7 Å². The van der Waals surface area contributed by atoms with Crippen LogP contribution in [0.3, 0.4) is 0 Å². The number of rotatable bonds is 0. The molecule has 2 rings (SSSR count). The molecule has 0 saturated heterocycles. The lowest BCUT2D eigenvalue weighted by molar-refractivity contribution is 0.570. The van der Waals surface area contributed by atoms with E-state index in [2.05, 4.69) is 11.7 Å². The molecule has 10 heavy (non-hydrogen) atoms. The van der Waals surface area contributed by atoms with Crippen molar-refractivity contribution in [2.24, 2.45) is 0 Å². The van der Waals surface area contributed by atoms with Crippen LogP contribution in [0.5, 0.6) is 0 Å². The molecule has 0 aliphatic heterocycles.